The highest BCUT2D eigenvalue weighted by atomic mass is 79.9. The van der Waals surface area contributed by atoms with Gasteiger partial charge >= 0.3 is 0 Å². The Morgan fingerprint density at radius 1 is 1.39 bits per heavy atom. The molecule has 0 radical (unpaired) electrons. The second-order valence-electron chi connectivity index (χ2n) is 4.64. The van der Waals surface area contributed by atoms with E-state index in [-0.39, 0.29) is 25.4 Å². The van der Waals surface area contributed by atoms with E-state index in [0.717, 1.165) is 28.1 Å². The van der Waals surface area contributed by atoms with Gasteiger partial charge in [-0.25, -0.2) is 0 Å². The molecule has 2 N–H and O–H groups in total. The van der Waals surface area contributed by atoms with Crippen LogP contribution in [0.4, 0.5) is 0 Å². The summed E-state index contributed by atoms with van der Waals surface area (Å²) in [5.74, 6) is 1.79. The summed E-state index contributed by atoms with van der Waals surface area (Å²) < 4.78 is 11.6. The van der Waals surface area contributed by atoms with Crippen molar-refractivity contribution in [3.63, 3.8) is 0 Å². The molecule has 0 spiro atoms. The van der Waals surface area contributed by atoms with E-state index in [1.54, 1.807) is 0 Å². The number of halogens is 1. The van der Waals surface area contributed by atoms with E-state index in [1.165, 1.54) is 0 Å². The normalized spacial score (nSPS) is 16.7. The maximum absolute atomic E-state index is 9.09. The lowest BCUT2D eigenvalue weighted by atomic mass is 10.0. The van der Waals surface area contributed by atoms with E-state index >= 15 is 0 Å². The van der Waals surface area contributed by atoms with Gasteiger partial charge in [0.2, 0.25) is 6.79 Å². The third-order valence-electron chi connectivity index (χ3n) is 3.26. The van der Waals surface area contributed by atoms with Gasteiger partial charge in [-0.1, -0.05) is 6.92 Å². The van der Waals surface area contributed by atoms with Gasteiger partial charge in [0.25, 0.3) is 0 Å². The highest BCUT2D eigenvalue weighted by Gasteiger charge is 2.18. The number of ether oxygens (including phenoxy) is 2. The van der Waals surface area contributed by atoms with E-state index in [9.17, 15) is 0 Å². The van der Waals surface area contributed by atoms with Crippen LogP contribution in [0.2, 0.25) is 0 Å². The number of hydrogen-bond donors (Lipinski definition) is 2. The van der Waals surface area contributed by atoms with Crippen LogP contribution >= 0.6 is 15.9 Å². The number of aliphatic hydroxyl groups is 1. The molecule has 1 heterocycles. The van der Waals surface area contributed by atoms with Crippen molar-refractivity contribution in [1.82, 2.24) is 5.32 Å². The van der Waals surface area contributed by atoms with Crippen LogP contribution in [0.25, 0.3) is 0 Å². The summed E-state index contributed by atoms with van der Waals surface area (Å²) in [4.78, 5) is 0. The minimum absolute atomic E-state index is 0.193. The van der Waals surface area contributed by atoms with Gasteiger partial charge in [0.15, 0.2) is 11.5 Å². The minimum atomic E-state index is 0.193. The lowest BCUT2D eigenvalue weighted by Crippen LogP contribution is -2.33. The second kappa shape index (κ2) is 5.91. The van der Waals surface area contributed by atoms with Crippen molar-refractivity contribution in [3.05, 3.63) is 22.2 Å². The Labute approximate surface area is 115 Å². The molecule has 0 amide bonds. The third-order valence-corrected chi connectivity index (χ3v) is 3.85. The van der Waals surface area contributed by atoms with Crippen LogP contribution in [0.1, 0.15) is 19.4 Å². The fraction of sp³-hybridized carbons (Fsp3) is 0.538. The van der Waals surface area contributed by atoms with Crippen molar-refractivity contribution in [2.24, 2.45) is 5.92 Å². The first-order valence-electron chi connectivity index (χ1n) is 6.04. The van der Waals surface area contributed by atoms with E-state index in [4.69, 9.17) is 14.6 Å². The van der Waals surface area contributed by atoms with Crippen LogP contribution in [0, 0.1) is 5.92 Å². The largest absolute Gasteiger partial charge is 0.454 e. The van der Waals surface area contributed by atoms with Crippen LogP contribution in [0.3, 0.4) is 0 Å². The number of aliphatic hydroxyl groups excluding tert-OH is 1. The molecular weight excluding hydrogens is 298 g/mol. The molecule has 18 heavy (non-hydrogen) atoms. The average molecular weight is 316 g/mol. The third kappa shape index (κ3) is 2.96. The van der Waals surface area contributed by atoms with Crippen LogP contribution in [-0.2, 0) is 6.54 Å². The van der Waals surface area contributed by atoms with E-state index in [1.807, 2.05) is 19.1 Å². The highest BCUT2D eigenvalue weighted by Crippen LogP contribution is 2.39. The Morgan fingerprint density at radius 2 is 2.17 bits per heavy atom. The molecule has 4 nitrogen and oxygen atoms in total. The summed E-state index contributed by atoms with van der Waals surface area (Å²) in [6.45, 7) is 5.30. The van der Waals surface area contributed by atoms with Crippen LogP contribution in [0.15, 0.2) is 16.6 Å². The molecule has 1 aliphatic rings. The quantitative estimate of drug-likeness (QED) is 0.875. The molecule has 1 aliphatic heterocycles. The van der Waals surface area contributed by atoms with E-state index < -0.39 is 0 Å². The van der Waals surface area contributed by atoms with Crippen molar-refractivity contribution < 1.29 is 14.6 Å². The number of nitrogens with one attached hydrogen (secondary N) is 1. The molecule has 2 unspecified atom stereocenters. The number of benzene rings is 1. The molecule has 100 valence electrons. The first-order chi connectivity index (χ1) is 8.61. The summed E-state index contributed by atoms with van der Waals surface area (Å²) in [6, 6.07) is 4.27. The Kier molecular flexibility index (Phi) is 4.48. The molecule has 2 rings (SSSR count). The monoisotopic (exact) mass is 315 g/mol. The topological polar surface area (TPSA) is 50.7 Å². The molecule has 5 heteroatoms. The maximum atomic E-state index is 9.09. The van der Waals surface area contributed by atoms with E-state index in [2.05, 4.69) is 28.2 Å². The smallest absolute Gasteiger partial charge is 0.231 e. The maximum Gasteiger partial charge on any atom is 0.231 e. The summed E-state index contributed by atoms with van der Waals surface area (Å²) in [7, 11) is 0. The predicted molar refractivity (Wildman–Crippen MR) is 72.8 cm³/mol. The van der Waals surface area contributed by atoms with Crippen molar-refractivity contribution in [3.8, 4) is 11.5 Å². The average Bonchev–Trinajstić information content (AvgIpc) is 2.83. The Morgan fingerprint density at radius 3 is 2.89 bits per heavy atom. The van der Waals surface area contributed by atoms with Crippen molar-refractivity contribution in [1.29, 1.82) is 0 Å². The standard InChI is InChI=1S/C13H18BrNO3/c1-8(6-16)9(2)15-5-10-3-11(14)13-12(4-10)17-7-18-13/h3-4,8-9,15-16H,5-7H2,1-2H3. The lowest BCUT2D eigenvalue weighted by Gasteiger charge is -2.19. The zero-order chi connectivity index (χ0) is 13.1. The Bertz CT molecular complexity index is 425. The lowest BCUT2D eigenvalue weighted by molar-refractivity contribution is 0.173. The number of fused-ring (bicyclic) bond motifs is 1. The number of rotatable bonds is 5. The SMILES string of the molecule is CC(CO)C(C)NCc1cc(Br)c2c(c1)OCO2. The van der Waals surface area contributed by atoms with Gasteiger partial charge < -0.3 is 19.9 Å². The van der Waals surface area contributed by atoms with Gasteiger partial charge in [0.05, 0.1) is 4.47 Å². The van der Waals surface area contributed by atoms with Crippen LogP contribution in [0.5, 0.6) is 11.5 Å². The minimum Gasteiger partial charge on any atom is -0.454 e. The van der Waals surface area contributed by atoms with Gasteiger partial charge in [0, 0.05) is 19.2 Å². The van der Waals surface area contributed by atoms with Crippen molar-refractivity contribution in [2.45, 2.75) is 26.4 Å². The Balaban J connectivity index is 2.00. The molecule has 0 fully saturated rings. The van der Waals surface area contributed by atoms with Gasteiger partial charge in [-0.3, -0.25) is 0 Å². The summed E-state index contributed by atoms with van der Waals surface area (Å²) >= 11 is 3.47. The predicted octanol–water partition coefficient (Wildman–Crippen LogP) is 2.28. The van der Waals surface area contributed by atoms with Gasteiger partial charge in [-0.05, 0) is 46.5 Å². The molecule has 0 aliphatic carbocycles. The summed E-state index contributed by atoms with van der Waals surface area (Å²) in [5.41, 5.74) is 1.13. The van der Waals surface area contributed by atoms with Gasteiger partial charge in [0.1, 0.15) is 0 Å². The summed E-state index contributed by atoms with van der Waals surface area (Å²) in [5, 5.41) is 12.5. The van der Waals surface area contributed by atoms with Crippen LogP contribution in [-0.4, -0.2) is 24.5 Å². The fourth-order valence-electron chi connectivity index (χ4n) is 1.76. The second-order valence-corrected chi connectivity index (χ2v) is 5.50. The number of hydrogen-bond acceptors (Lipinski definition) is 4. The molecular formula is C13H18BrNO3. The Hall–Kier alpha value is -0.780. The first kappa shape index (κ1) is 13.6. The molecule has 0 saturated heterocycles. The first-order valence-corrected chi connectivity index (χ1v) is 6.83. The van der Waals surface area contributed by atoms with Crippen molar-refractivity contribution in [2.75, 3.05) is 13.4 Å². The molecule has 1 aromatic carbocycles. The van der Waals surface area contributed by atoms with Crippen LogP contribution < -0.4 is 14.8 Å². The van der Waals surface area contributed by atoms with E-state index in [0.29, 0.717) is 0 Å². The van der Waals surface area contributed by atoms with Gasteiger partial charge in [-0.15, -0.1) is 0 Å². The summed E-state index contributed by atoms with van der Waals surface area (Å²) in [6.07, 6.45) is 0. The molecule has 2 atom stereocenters. The highest BCUT2D eigenvalue weighted by molar-refractivity contribution is 9.10. The fourth-order valence-corrected chi connectivity index (χ4v) is 2.36. The zero-order valence-electron chi connectivity index (χ0n) is 10.6. The zero-order valence-corrected chi connectivity index (χ0v) is 12.2. The van der Waals surface area contributed by atoms with Gasteiger partial charge in [-0.2, -0.15) is 0 Å². The molecule has 0 bridgehead atoms. The molecule has 0 saturated carbocycles. The molecule has 1 aromatic rings. The van der Waals surface area contributed by atoms with Crippen molar-refractivity contribution >= 4 is 15.9 Å². The molecule has 0 aromatic heterocycles.